The molecule has 0 aliphatic rings. The Morgan fingerprint density at radius 1 is 1.43 bits per heavy atom. The minimum atomic E-state index is -3.34. The van der Waals surface area contributed by atoms with Crippen molar-refractivity contribution in [1.82, 2.24) is 10.0 Å². The summed E-state index contributed by atoms with van der Waals surface area (Å²) in [6.07, 6.45) is 0. The van der Waals surface area contributed by atoms with Crippen molar-refractivity contribution in [1.29, 1.82) is 0 Å². The van der Waals surface area contributed by atoms with E-state index in [0.29, 0.717) is 10.6 Å². The zero-order chi connectivity index (χ0) is 15.6. The van der Waals surface area contributed by atoms with Crippen LogP contribution in [0.25, 0.3) is 10.1 Å². The van der Waals surface area contributed by atoms with Gasteiger partial charge >= 0.3 is 0 Å². The van der Waals surface area contributed by atoms with Crippen LogP contribution in [0, 0.1) is 0 Å². The molecule has 21 heavy (non-hydrogen) atoms. The van der Waals surface area contributed by atoms with Crippen LogP contribution in [0.1, 0.15) is 9.67 Å². The summed E-state index contributed by atoms with van der Waals surface area (Å²) in [7, 11) is -2.01. The molecule has 114 valence electrons. The first-order valence-corrected chi connectivity index (χ1v) is 9.28. The van der Waals surface area contributed by atoms with Crippen molar-refractivity contribution in [3.63, 3.8) is 0 Å². The number of nitrogens with two attached hydrogens (primary N) is 1. The summed E-state index contributed by atoms with van der Waals surface area (Å²) >= 11 is 4.68. The smallest absolute Gasteiger partial charge is 0.263 e. The number of sulfonamides is 1. The Labute approximate surface area is 134 Å². The maximum atomic E-state index is 12.1. The van der Waals surface area contributed by atoms with Crippen molar-refractivity contribution in [2.45, 2.75) is 0 Å². The molecular weight excluding hydrogens is 378 g/mol. The highest BCUT2D eigenvalue weighted by Crippen LogP contribution is 2.37. The van der Waals surface area contributed by atoms with Gasteiger partial charge in [-0.3, -0.25) is 4.79 Å². The van der Waals surface area contributed by atoms with Crippen LogP contribution in [0.3, 0.4) is 0 Å². The van der Waals surface area contributed by atoms with Crippen molar-refractivity contribution in [3.05, 3.63) is 27.5 Å². The molecule has 0 unspecified atom stereocenters. The largest absolute Gasteiger partial charge is 0.397 e. The average Bonchev–Trinajstić information content (AvgIpc) is 2.77. The van der Waals surface area contributed by atoms with Gasteiger partial charge in [-0.1, -0.05) is 22.0 Å². The van der Waals surface area contributed by atoms with E-state index in [1.807, 2.05) is 18.2 Å². The van der Waals surface area contributed by atoms with Crippen molar-refractivity contribution in [2.75, 3.05) is 25.1 Å². The summed E-state index contributed by atoms with van der Waals surface area (Å²) in [6.45, 7) is 0.0247. The van der Waals surface area contributed by atoms with Gasteiger partial charge in [-0.05, 0) is 19.2 Å². The minimum Gasteiger partial charge on any atom is -0.397 e. The summed E-state index contributed by atoms with van der Waals surface area (Å²) in [6, 6.07) is 5.60. The minimum absolute atomic E-state index is 0.0247. The van der Waals surface area contributed by atoms with Crippen LogP contribution in [0.2, 0.25) is 0 Å². The second kappa shape index (κ2) is 6.30. The van der Waals surface area contributed by atoms with Crippen molar-refractivity contribution in [2.24, 2.45) is 0 Å². The molecule has 0 atom stereocenters. The fourth-order valence-corrected chi connectivity index (χ4v) is 4.13. The Balaban J connectivity index is 2.17. The van der Waals surface area contributed by atoms with Gasteiger partial charge < -0.3 is 11.1 Å². The lowest BCUT2D eigenvalue weighted by Gasteiger charge is -2.05. The Morgan fingerprint density at radius 3 is 2.76 bits per heavy atom. The van der Waals surface area contributed by atoms with E-state index in [-0.39, 0.29) is 18.2 Å². The van der Waals surface area contributed by atoms with Gasteiger partial charge in [0, 0.05) is 21.1 Å². The molecule has 0 saturated heterocycles. The number of fused-ring (bicyclic) bond motifs is 1. The van der Waals surface area contributed by atoms with Gasteiger partial charge in [0.25, 0.3) is 5.91 Å². The van der Waals surface area contributed by atoms with Crippen LogP contribution < -0.4 is 15.8 Å². The lowest BCUT2D eigenvalue weighted by Crippen LogP contribution is -2.32. The van der Waals surface area contributed by atoms with E-state index in [9.17, 15) is 13.2 Å². The molecule has 0 fully saturated rings. The molecule has 2 aromatic rings. The first-order valence-electron chi connectivity index (χ1n) is 6.01. The van der Waals surface area contributed by atoms with Crippen LogP contribution in [0.5, 0.6) is 0 Å². The first kappa shape index (κ1) is 16.2. The standard InChI is InChI=1S/C12H14BrN3O3S2/c1-15-21(18,19)6-5-16-12(17)11-10(14)9-7(13)3-2-4-8(9)20-11/h2-4,15H,5-6,14H2,1H3,(H,16,17). The predicted octanol–water partition coefficient (Wildman–Crippen LogP) is 1.52. The molecule has 1 amide bonds. The number of carbonyl (C=O) groups excluding carboxylic acids is 1. The third-order valence-electron chi connectivity index (χ3n) is 2.87. The number of halogens is 1. The molecule has 0 aliphatic heterocycles. The van der Waals surface area contributed by atoms with E-state index in [1.165, 1.54) is 18.4 Å². The number of nitrogen functional groups attached to an aromatic ring is 1. The molecule has 1 aromatic carbocycles. The number of amides is 1. The summed E-state index contributed by atoms with van der Waals surface area (Å²) in [5.74, 6) is -0.545. The summed E-state index contributed by atoms with van der Waals surface area (Å²) in [5, 5.41) is 3.37. The number of benzene rings is 1. The maximum absolute atomic E-state index is 12.1. The number of hydrogen-bond donors (Lipinski definition) is 3. The predicted molar refractivity (Wildman–Crippen MR) is 89.1 cm³/mol. The van der Waals surface area contributed by atoms with Crippen molar-refractivity contribution >= 4 is 59.0 Å². The molecule has 0 aliphatic carbocycles. The highest BCUT2D eigenvalue weighted by molar-refractivity contribution is 9.10. The molecule has 0 radical (unpaired) electrons. The van der Waals surface area contributed by atoms with E-state index in [1.54, 1.807) is 0 Å². The molecule has 9 heteroatoms. The molecule has 2 rings (SSSR count). The van der Waals surface area contributed by atoms with Gasteiger partial charge in [-0.25, -0.2) is 13.1 Å². The monoisotopic (exact) mass is 391 g/mol. The average molecular weight is 392 g/mol. The highest BCUT2D eigenvalue weighted by atomic mass is 79.9. The quantitative estimate of drug-likeness (QED) is 0.718. The topological polar surface area (TPSA) is 101 Å². The number of anilines is 1. The van der Waals surface area contributed by atoms with Gasteiger partial charge in [0.2, 0.25) is 10.0 Å². The molecule has 0 saturated carbocycles. The van der Waals surface area contributed by atoms with E-state index >= 15 is 0 Å². The first-order chi connectivity index (χ1) is 9.85. The van der Waals surface area contributed by atoms with E-state index < -0.39 is 10.0 Å². The summed E-state index contributed by atoms with van der Waals surface area (Å²) < 4.78 is 26.5. The van der Waals surface area contributed by atoms with E-state index in [2.05, 4.69) is 26.0 Å². The van der Waals surface area contributed by atoms with Crippen LogP contribution >= 0.6 is 27.3 Å². The van der Waals surface area contributed by atoms with Crippen molar-refractivity contribution < 1.29 is 13.2 Å². The van der Waals surface area contributed by atoms with Gasteiger partial charge in [0.1, 0.15) is 4.88 Å². The van der Waals surface area contributed by atoms with Crippen LogP contribution in [-0.2, 0) is 10.0 Å². The van der Waals surface area contributed by atoms with Crippen LogP contribution in [0.15, 0.2) is 22.7 Å². The van der Waals surface area contributed by atoms with E-state index in [0.717, 1.165) is 14.6 Å². The number of nitrogens with one attached hydrogen (secondary N) is 2. The third-order valence-corrected chi connectivity index (χ3v) is 6.07. The normalized spacial score (nSPS) is 11.7. The molecule has 1 aromatic heterocycles. The molecular formula is C12H14BrN3O3S2. The number of hydrogen-bond acceptors (Lipinski definition) is 5. The third kappa shape index (κ3) is 3.54. The summed E-state index contributed by atoms with van der Waals surface area (Å²) in [4.78, 5) is 12.5. The number of thiophene rings is 1. The van der Waals surface area contributed by atoms with Crippen molar-refractivity contribution in [3.8, 4) is 0 Å². The lowest BCUT2D eigenvalue weighted by molar-refractivity contribution is 0.0961. The van der Waals surface area contributed by atoms with Gasteiger partial charge in [-0.15, -0.1) is 11.3 Å². The Kier molecular flexibility index (Phi) is 4.87. The van der Waals surface area contributed by atoms with Crippen LogP contribution in [0.4, 0.5) is 5.69 Å². The zero-order valence-electron chi connectivity index (χ0n) is 11.1. The molecule has 0 spiro atoms. The molecule has 1 heterocycles. The Hall–Kier alpha value is -1.16. The van der Waals surface area contributed by atoms with E-state index in [4.69, 9.17) is 5.73 Å². The molecule has 0 bridgehead atoms. The highest BCUT2D eigenvalue weighted by Gasteiger charge is 2.18. The second-order valence-electron chi connectivity index (χ2n) is 4.24. The van der Waals surface area contributed by atoms with Crippen LogP contribution in [-0.4, -0.2) is 33.7 Å². The zero-order valence-corrected chi connectivity index (χ0v) is 14.4. The van der Waals surface area contributed by atoms with Gasteiger partial charge in [-0.2, -0.15) is 0 Å². The van der Waals surface area contributed by atoms with Gasteiger partial charge in [0.15, 0.2) is 0 Å². The lowest BCUT2D eigenvalue weighted by atomic mass is 10.2. The fraction of sp³-hybridized carbons (Fsp3) is 0.250. The number of rotatable bonds is 5. The second-order valence-corrected chi connectivity index (χ2v) is 8.19. The summed E-state index contributed by atoms with van der Waals surface area (Å²) in [5.41, 5.74) is 6.41. The Bertz CT molecular complexity index is 786. The molecule has 6 nitrogen and oxygen atoms in total. The van der Waals surface area contributed by atoms with Gasteiger partial charge in [0.05, 0.1) is 11.4 Å². The molecule has 4 N–H and O–H groups in total. The fourth-order valence-electron chi connectivity index (χ4n) is 1.78. The maximum Gasteiger partial charge on any atom is 0.263 e. The SMILES string of the molecule is CNS(=O)(=O)CCNC(=O)c1sc2cccc(Br)c2c1N. The number of carbonyl (C=O) groups is 1. The Morgan fingerprint density at radius 2 is 2.14 bits per heavy atom.